The Labute approximate surface area is 286 Å². The number of carbonyl (C=O) groups excluding carboxylic acids is 2. The highest BCUT2D eigenvalue weighted by molar-refractivity contribution is 7.92. The van der Waals surface area contributed by atoms with E-state index in [0.717, 1.165) is 15.4 Å². The highest BCUT2D eigenvalue weighted by Gasteiger charge is 2.35. The third-order valence-corrected chi connectivity index (χ3v) is 10.2. The zero-order valence-corrected chi connectivity index (χ0v) is 28.9. The third kappa shape index (κ3) is 9.04. The van der Waals surface area contributed by atoms with Gasteiger partial charge in [0.2, 0.25) is 11.8 Å². The summed E-state index contributed by atoms with van der Waals surface area (Å²) in [5, 5.41) is 4.04. The number of benzene rings is 4. The molecule has 0 bridgehead atoms. The summed E-state index contributed by atoms with van der Waals surface area (Å²) in [6, 6.07) is 25.7. The van der Waals surface area contributed by atoms with Crippen LogP contribution in [-0.2, 0) is 32.6 Å². The van der Waals surface area contributed by atoms with Crippen molar-refractivity contribution >= 4 is 62.3 Å². The molecule has 2 unspecified atom stereocenters. The molecule has 11 heteroatoms. The molecule has 0 aliphatic heterocycles. The molecule has 4 aromatic rings. The molecule has 1 N–H and O–H groups in total. The van der Waals surface area contributed by atoms with E-state index in [1.54, 1.807) is 48.5 Å². The molecule has 0 aliphatic carbocycles. The molecule has 0 radical (unpaired) electrons. The Balaban J connectivity index is 1.83. The standard InChI is InChI=1S/C35H36Cl3N3O4S/c1-4-25(3)39-35(43)33(19-26-9-6-5-7-10-26)40(22-27-15-16-29(37)21-32(27)38)34(42)23-41(30-12-8-11-28(36)20-30)46(44,45)31-17-13-24(2)14-18-31/h5-18,20-21,25,33H,4,19,22-23H2,1-3H3,(H,39,43). The molecule has 0 spiro atoms. The van der Waals surface area contributed by atoms with Gasteiger partial charge in [-0.2, -0.15) is 0 Å². The van der Waals surface area contributed by atoms with Crippen molar-refractivity contribution in [3.05, 3.63) is 129 Å². The molecule has 2 atom stereocenters. The molecule has 0 aromatic heterocycles. The van der Waals surface area contributed by atoms with Crippen LogP contribution >= 0.6 is 34.8 Å². The number of carbonyl (C=O) groups is 2. The minimum atomic E-state index is -4.25. The van der Waals surface area contributed by atoms with Crippen LogP contribution in [0.15, 0.2) is 102 Å². The summed E-state index contributed by atoms with van der Waals surface area (Å²) < 4.78 is 29.3. The summed E-state index contributed by atoms with van der Waals surface area (Å²) in [7, 11) is -4.25. The smallest absolute Gasteiger partial charge is 0.264 e. The highest BCUT2D eigenvalue weighted by atomic mass is 35.5. The van der Waals surface area contributed by atoms with E-state index in [1.807, 2.05) is 51.1 Å². The van der Waals surface area contributed by atoms with Crippen LogP contribution in [0.5, 0.6) is 0 Å². The first-order valence-corrected chi connectivity index (χ1v) is 17.4. The second-order valence-electron chi connectivity index (χ2n) is 11.1. The number of nitrogens with one attached hydrogen (secondary N) is 1. The van der Waals surface area contributed by atoms with Crippen LogP contribution in [0.3, 0.4) is 0 Å². The molecule has 2 amide bonds. The van der Waals surface area contributed by atoms with Gasteiger partial charge in [-0.25, -0.2) is 8.42 Å². The second kappa shape index (κ2) is 15.8. The zero-order chi connectivity index (χ0) is 33.4. The summed E-state index contributed by atoms with van der Waals surface area (Å²) >= 11 is 19.0. The van der Waals surface area contributed by atoms with Gasteiger partial charge in [0.15, 0.2) is 0 Å². The first-order chi connectivity index (χ1) is 21.9. The summed E-state index contributed by atoms with van der Waals surface area (Å²) in [6.07, 6.45) is 0.861. The van der Waals surface area contributed by atoms with Gasteiger partial charge >= 0.3 is 0 Å². The molecule has 0 aliphatic rings. The molecule has 0 saturated carbocycles. The van der Waals surface area contributed by atoms with Gasteiger partial charge in [0.1, 0.15) is 12.6 Å². The third-order valence-electron chi connectivity index (χ3n) is 7.61. The Morgan fingerprint density at radius 1 is 0.848 bits per heavy atom. The van der Waals surface area contributed by atoms with Gasteiger partial charge in [0.25, 0.3) is 10.0 Å². The van der Waals surface area contributed by atoms with Gasteiger partial charge in [-0.05, 0) is 73.9 Å². The van der Waals surface area contributed by atoms with Crippen LogP contribution in [0.25, 0.3) is 0 Å². The maximum atomic E-state index is 14.6. The fourth-order valence-electron chi connectivity index (χ4n) is 4.83. The summed E-state index contributed by atoms with van der Waals surface area (Å²) in [5.74, 6) is -0.978. The molecule has 7 nitrogen and oxygen atoms in total. The number of nitrogens with zero attached hydrogens (tertiary/aromatic N) is 2. The van der Waals surface area contributed by atoms with Crippen molar-refractivity contribution in [1.82, 2.24) is 10.2 Å². The van der Waals surface area contributed by atoms with E-state index in [2.05, 4.69) is 5.32 Å². The fraction of sp³-hybridized carbons (Fsp3) is 0.257. The lowest BCUT2D eigenvalue weighted by atomic mass is 10.0. The van der Waals surface area contributed by atoms with E-state index in [-0.39, 0.29) is 35.5 Å². The second-order valence-corrected chi connectivity index (χ2v) is 14.2. The maximum Gasteiger partial charge on any atom is 0.264 e. The topological polar surface area (TPSA) is 86.8 Å². The average Bonchev–Trinajstić information content (AvgIpc) is 3.02. The summed E-state index contributed by atoms with van der Waals surface area (Å²) in [4.78, 5) is 29.9. The van der Waals surface area contributed by atoms with Gasteiger partial charge < -0.3 is 10.2 Å². The number of anilines is 1. The molecule has 46 heavy (non-hydrogen) atoms. The molecule has 0 heterocycles. The Hall–Kier alpha value is -3.56. The van der Waals surface area contributed by atoms with Gasteiger partial charge in [-0.3, -0.25) is 13.9 Å². The van der Waals surface area contributed by atoms with Crippen LogP contribution in [0.4, 0.5) is 5.69 Å². The number of amides is 2. The minimum Gasteiger partial charge on any atom is -0.352 e. The lowest BCUT2D eigenvalue weighted by Gasteiger charge is -2.34. The largest absolute Gasteiger partial charge is 0.352 e. The molecule has 0 saturated heterocycles. The van der Waals surface area contributed by atoms with E-state index in [0.29, 0.717) is 27.1 Å². The van der Waals surface area contributed by atoms with Crippen molar-refractivity contribution in [2.24, 2.45) is 0 Å². The fourth-order valence-corrected chi connectivity index (χ4v) is 6.88. The summed E-state index contributed by atoms with van der Waals surface area (Å²) in [5.41, 5.74) is 2.45. The Bertz CT molecular complexity index is 1770. The van der Waals surface area contributed by atoms with E-state index < -0.39 is 28.5 Å². The van der Waals surface area contributed by atoms with Crippen molar-refractivity contribution in [3.63, 3.8) is 0 Å². The van der Waals surface area contributed by atoms with E-state index in [1.165, 1.54) is 23.1 Å². The van der Waals surface area contributed by atoms with Gasteiger partial charge in [-0.1, -0.05) is 102 Å². The predicted octanol–water partition coefficient (Wildman–Crippen LogP) is 7.71. The van der Waals surface area contributed by atoms with E-state index in [9.17, 15) is 18.0 Å². The van der Waals surface area contributed by atoms with Crippen LogP contribution in [0, 0.1) is 6.92 Å². The monoisotopic (exact) mass is 699 g/mol. The normalized spacial score (nSPS) is 12.7. The number of halogens is 3. The molecule has 4 aromatic carbocycles. The van der Waals surface area contributed by atoms with Gasteiger partial charge in [0.05, 0.1) is 10.6 Å². The number of rotatable bonds is 13. The van der Waals surface area contributed by atoms with Gasteiger partial charge in [0, 0.05) is 34.1 Å². The van der Waals surface area contributed by atoms with Crippen molar-refractivity contribution in [2.45, 2.75) is 57.1 Å². The number of hydrogen-bond acceptors (Lipinski definition) is 4. The zero-order valence-electron chi connectivity index (χ0n) is 25.8. The molecular formula is C35H36Cl3N3O4S. The quantitative estimate of drug-likeness (QED) is 0.155. The predicted molar refractivity (Wildman–Crippen MR) is 186 cm³/mol. The lowest BCUT2D eigenvalue weighted by molar-refractivity contribution is -0.140. The van der Waals surface area contributed by atoms with Crippen molar-refractivity contribution in [1.29, 1.82) is 0 Å². The highest BCUT2D eigenvalue weighted by Crippen LogP contribution is 2.28. The molecular weight excluding hydrogens is 665 g/mol. The van der Waals surface area contributed by atoms with Gasteiger partial charge in [-0.15, -0.1) is 0 Å². The van der Waals surface area contributed by atoms with Crippen molar-refractivity contribution in [3.8, 4) is 0 Å². The number of hydrogen-bond donors (Lipinski definition) is 1. The first-order valence-electron chi connectivity index (χ1n) is 14.8. The Morgan fingerprint density at radius 3 is 2.15 bits per heavy atom. The lowest BCUT2D eigenvalue weighted by Crippen LogP contribution is -2.54. The van der Waals surface area contributed by atoms with Crippen molar-refractivity contribution in [2.75, 3.05) is 10.8 Å². The molecule has 242 valence electrons. The Kier molecular flexibility index (Phi) is 12.1. The molecule has 4 rings (SSSR count). The van der Waals surface area contributed by atoms with Crippen LogP contribution < -0.4 is 9.62 Å². The van der Waals surface area contributed by atoms with Crippen LogP contribution in [0.2, 0.25) is 15.1 Å². The van der Waals surface area contributed by atoms with Crippen molar-refractivity contribution < 1.29 is 18.0 Å². The summed E-state index contributed by atoms with van der Waals surface area (Å²) in [6.45, 7) is 5.00. The number of sulfonamides is 1. The van der Waals surface area contributed by atoms with E-state index in [4.69, 9.17) is 34.8 Å². The average molecular weight is 701 g/mol. The van der Waals surface area contributed by atoms with Crippen LogP contribution in [-0.4, -0.2) is 43.8 Å². The van der Waals surface area contributed by atoms with Crippen LogP contribution in [0.1, 0.15) is 37.0 Å². The SMILES string of the molecule is CCC(C)NC(=O)C(Cc1ccccc1)N(Cc1ccc(Cl)cc1Cl)C(=O)CN(c1cccc(Cl)c1)S(=O)(=O)c1ccc(C)cc1. The number of aryl methyl sites for hydroxylation is 1. The van der Waals surface area contributed by atoms with E-state index >= 15 is 0 Å². The first kappa shape index (κ1) is 35.3. The maximum absolute atomic E-state index is 14.6. The molecule has 0 fully saturated rings. The minimum absolute atomic E-state index is 0.00789. The Morgan fingerprint density at radius 2 is 1.52 bits per heavy atom.